The molecule has 0 spiro atoms. The average Bonchev–Trinajstić information content (AvgIpc) is 2.76. The number of aromatic nitrogens is 1. The molecule has 0 radical (unpaired) electrons. The van der Waals surface area contributed by atoms with Gasteiger partial charge in [-0.05, 0) is 18.8 Å². The second kappa shape index (κ2) is 7.01. The van der Waals surface area contributed by atoms with E-state index in [0.717, 1.165) is 18.7 Å². The second-order valence-corrected chi connectivity index (χ2v) is 7.82. The second-order valence-electron chi connectivity index (χ2n) is 6.96. The largest absolute Gasteiger partial charge is 0.396 e. The van der Waals surface area contributed by atoms with E-state index in [-0.39, 0.29) is 5.41 Å². The molecule has 1 heterocycles. The van der Waals surface area contributed by atoms with E-state index in [4.69, 9.17) is 4.98 Å². The van der Waals surface area contributed by atoms with Gasteiger partial charge in [0.2, 0.25) is 0 Å². The smallest absolute Gasteiger partial charge is 0.0982 e. The molecular formula is C16H28N2OS. The molecule has 1 aromatic rings. The molecule has 0 aromatic carbocycles. The first-order valence-corrected chi connectivity index (χ1v) is 8.68. The van der Waals surface area contributed by atoms with E-state index in [1.54, 1.807) is 11.3 Å². The van der Waals surface area contributed by atoms with Gasteiger partial charge < -0.3 is 10.4 Å². The maximum atomic E-state index is 9.54. The SMILES string of the molecule is CC(C)(C)c1nc(CNC2CCCCCC2CO)cs1. The summed E-state index contributed by atoms with van der Waals surface area (Å²) in [5.41, 5.74) is 1.28. The van der Waals surface area contributed by atoms with E-state index in [2.05, 4.69) is 31.5 Å². The summed E-state index contributed by atoms with van der Waals surface area (Å²) < 4.78 is 0. The molecule has 0 saturated heterocycles. The Morgan fingerprint density at radius 2 is 2.05 bits per heavy atom. The van der Waals surface area contributed by atoms with Crippen molar-refractivity contribution in [1.82, 2.24) is 10.3 Å². The molecule has 1 fully saturated rings. The van der Waals surface area contributed by atoms with Crippen molar-refractivity contribution in [3.63, 3.8) is 0 Å². The van der Waals surface area contributed by atoms with Crippen LogP contribution < -0.4 is 5.32 Å². The fourth-order valence-electron chi connectivity index (χ4n) is 2.84. The van der Waals surface area contributed by atoms with Crippen molar-refractivity contribution >= 4 is 11.3 Å². The first-order chi connectivity index (χ1) is 9.50. The summed E-state index contributed by atoms with van der Waals surface area (Å²) in [6.45, 7) is 7.75. The highest BCUT2D eigenvalue weighted by atomic mass is 32.1. The Hall–Kier alpha value is -0.450. The summed E-state index contributed by atoms with van der Waals surface area (Å²) in [4.78, 5) is 4.73. The van der Waals surface area contributed by atoms with Crippen LogP contribution in [0, 0.1) is 5.92 Å². The molecule has 2 atom stereocenters. The summed E-state index contributed by atoms with van der Waals surface area (Å²) in [7, 11) is 0. The fraction of sp³-hybridized carbons (Fsp3) is 0.812. The van der Waals surface area contributed by atoms with Crippen LogP contribution in [0.5, 0.6) is 0 Å². The van der Waals surface area contributed by atoms with Gasteiger partial charge >= 0.3 is 0 Å². The van der Waals surface area contributed by atoms with Gasteiger partial charge in [-0.15, -0.1) is 11.3 Å². The molecule has 0 amide bonds. The lowest BCUT2D eigenvalue weighted by atomic mass is 9.95. The topological polar surface area (TPSA) is 45.2 Å². The van der Waals surface area contributed by atoms with Crippen molar-refractivity contribution in [2.45, 2.75) is 70.9 Å². The molecule has 0 aliphatic heterocycles. The van der Waals surface area contributed by atoms with E-state index in [0.29, 0.717) is 18.6 Å². The Morgan fingerprint density at radius 3 is 2.70 bits per heavy atom. The Kier molecular flexibility index (Phi) is 5.58. The van der Waals surface area contributed by atoms with Crippen LogP contribution in [0.25, 0.3) is 0 Å². The molecule has 0 bridgehead atoms. The maximum absolute atomic E-state index is 9.54. The molecular weight excluding hydrogens is 268 g/mol. The minimum Gasteiger partial charge on any atom is -0.396 e. The van der Waals surface area contributed by atoms with Crippen LogP contribution in [0.1, 0.15) is 63.6 Å². The summed E-state index contributed by atoms with van der Waals surface area (Å²) in [5.74, 6) is 0.415. The van der Waals surface area contributed by atoms with E-state index in [1.165, 1.54) is 30.7 Å². The summed E-state index contributed by atoms with van der Waals surface area (Å²) >= 11 is 1.75. The molecule has 2 unspecified atom stereocenters. The van der Waals surface area contributed by atoms with Gasteiger partial charge in [0.25, 0.3) is 0 Å². The number of thiazole rings is 1. The van der Waals surface area contributed by atoms with Crippen LogP contribution in [0.3, 0.4) is 0 Å². The van der Waals surface area contributed by atoms with Gasteiger partial charge in [-0.25, -0.2) is 4.98 Å². The standard InChI is InChI=1S/C16H28N2OS/c1-16(2,3)15-18-13(11-20-15)9-17-14-8-6-4-5-7-12(14)10-19/h11-12,14,17,19H,4-10H2,1-3H3. The van der Waals surface area contributed by atoms with Crippen LogP contribution in [0.15, 0.2) is 5.38 Å². The molecule has 1 aliphatic rings. The molecule has 3 nitrogen and oxygen atoms in total. The zero-order valence-electron chi connectivity index (χ0n) is 13.0. The van der Waals surface area contributed by atoms with Crippen LogP contribution in [-0.2, 0) is 12.0 Å². The summed E-state index contributed by atoms with van der Waals surface area (Å²) in [6.07, 6.45) is 6.17. The first kappa shape index (κ1) is 15.9. The van der Waals surface area contributed by atoms with Crippen molar-refractivity contribution in [2.75, 3.05) is 6.61 Å². The normalized spacial score (nSPS) is 24.6. The van der Waals surface area contributed by atoms with Crippen LogP contribution >= 0.6 is 11.3 Å². The van der Waals surface area contributed by atoms with Crippen molar-refractivity contribution in [2.24, 2.45) is 5.92 Å². The van der Waals surface area contributed by atoms with Gasteiger partial charge in [0.1, 0.15) is 0 Å². The predicted octanol–water partition coefficient (Wildman–Crippen LogP) is 3.47. The third-order valence-electron chi connectivity index (χ3n) is 4.13. The minimum absolute atomic E-state index is 0.138. The van der Waals surface area contributed by atoms with Crippen LogP contribution in [-0.4, -0.2) is 22.7 Å². The van der Waals surface area contributed by atoms with E-state index in [1.807, 2.05) is 0 Å². The van der Waals surface area contributed by atoms with E-state index >= 15 is 0 Å². The van der Waals surface area contributed by atoms with Crippen LogP contribution in [0.4, 0.5) is 0 Å². The quantitative estimate of drug-likeness (QED) is 0.836. The molecule has 4 heteroatoms. The molecule has 114 valence electrons. The lowest BCUT2D eigenvalue weighted by Crippen LogP contribution is -2.37. The van der Waals surface area contributed by atoms with Crippen molar-refractivity contribution < 1.29 is 5.11 Å². The predicted molar refractivity (Wildman–Crippen MR) is 85.1 cm³/mol. The summed E-state index contributed by atoms with van der Waals surface area (Å²) in [5, 5.41) is 16.5. The Morgan fingerprint density at radius 1 is 1.30 bits per heavy atom. The van der Waals surface area contributed by atoms with Crippen molar-refractivity contribution in [1.29, 1.82) is 0 Å². The van der Waals surface area contributed by atoms with Gasteiger partial charge in [0.05, 0.1) is 10.7 Å². The molecule has 2 rings (SSSR count). The van der Waals surface area contributed by atoms with Crippen molar-refractivity contribution in [3.05, 3.63) is 16.1 Å². The van der Waals surface area contributed by atoms with Gasteiger partial charge in [-0.2, -0.15) is 0 Å². The van der Waals surface area contributed by atoms with E-state index < -0.39 is 0 Å². The number of hydrogen-bond donors (Lipinski definition) is 2. The average molecular weight is 296 g/mol. The number of aliphatic hydroxyl groups excluding tert-OH is 1. The monoisotopic (exact) mass is 296 g/mol. The van der Waals surface area contributed by atoms with Gasteiger partial charge in [0, 0.05) is 30.0 Å². The van der Waals surface area contributed by atoms with Gasteiger partial charge in [0.15, 0.2) is 0 Å². The molecule has 20 heavy (non-hydrogen) atoms. The number of nitrogens with zero attached hydrogens (tertiary/aromatic N) is 1. The fourth-order valence-corrected chi connectivity index (χ4v) is 3.75. The highest BCUT2D eigenvalue weighted by Crippen LogP contribution is 2.26. The Bertz CT molecular complexity index is 411. The minimum atomic E-state index is 0.138. The number of nitrogens with one attached hydrogen (secondary N) is 1. The van der Waals surface area contributed by atoms with Crippen molar-refractivity contribution in [3.8, 4) is 0 Å². The Labute approximate surface area is 126 Å². The van der Waals surface area contributed by atoms with Gasteiger partial charge in [-0.1, -0.05) is 40.0 Å². The lowest BCUT2D eigenvalue weighted by molar-refractivity contribution is 0.181. The zero-order valence-corrected chi connectivity index (χ0v) is 13.8. The molecule has 1 aromatic heterocycles. The Balaban J connectivity index is 1.91. The molecule has 2 N–H and O–H groups in total. The lowest BCUT2D eigenvalue weighted by Gasteiger charge is -2.24. The van der Waals surface area contributed by atoms with Gasteiger partial charge in [-0.3, -0.25) is 0 Å². The van der Waals surface area contributed by atoms with Crippen LogP contribution in [0.2, 0.25) is 0 Å². The number of rotatable bonds is 4. The first-order valence-electron chi connectivity index (χ1n) is 7.80. The highest BCUT2D eigenvalue weighted by molar-refractivity contribution is 7.09. The molecule has 1 aliphatic carbocycles. The van der Waals surface area contributed by atoms with E-state index in [9.17, 15) is 5.11 Å². The third kappa shape index (κ3) is 4.27. The number of aliphatic hydroxyl groups is 1. The highest BCUT2D eigenvalue weighted by Gasteiger charge is 2.23. The third-order valence-corrected chi connectivity index (χ3v) is 5.45. The molecule has 1 saturated carbocycles. The zero-order chi connectivity index (χ0) is 14.6. The summed E-state index contributed by atoms with van der Waals surface area (Å²) in [6, 6.07) is 0.447. The number of hydrogen-bond acceptors (Lipinski definition) is 4. The maximum Gasteiger partial charge on any atom is 0.0982 e.